The SMILES string of the molecule is Cc1nc(-c2ccc(C(F)(F)F)cc2)sc1C(=O)NNC(=O)C1COc2ccccc2O1. The first kappa shape index (κ1) is 21.6. The van der Waals surface area contributed by atoms with E-state index in [2.05, 4.69) is 15.8 Å². The van der Waals surface area contributed by atoms with E-state index in [0.717, 1.165) is 23.5 Å². The Morgan fingerprint density at radius 3 is 2.44 bits per heavy atom. The lowest BCUT2D eigenvalue weighted by atomic mass is 10.1. The summed E-state index contributed by atoms with van der Waals surface area (Å²) in [6, 6.07) is 11.4. The van der Waals surface area contributed by atoms with Gasteiger partial charge in [-0.2, -0.15) is 13.2 Å². The summed E-state index contributed by atoms with van der Waals surface area (Å²) in [4.78, 5) is 29.3. The standard InChI is InChI=1S/C21H16F3N3O4S/c1-11-17(32-20(25-11)12-6-8-13(9-7-12)21(22,23)24)19(29)27-26-18(28)16-10-30-14-4-2-3-5-15(14)31-16/h2-9,16H,10H2,1H3,(H,26,28)(H,27,29). The van der Waals surface area contributed by atoms with Gasteiger partial charge in [-0.05, 0) is 31.2 Å². The summed E-state index contributed by atoms with van der Waals surface area (Å²) in [7, 11) is 0. The molecule has 0 saturated carbocycles. The van der Waals surface area contributed by atoms with Gasteiger partial charge >= 0.3 is 6.18 Å². The molecule has 2 N–H and O–H groups in total. The van der Waals surface area contributed by atoms with Crippen LogP contribution in [0.1, 0.15) is 20.9 Å². The van der Waals surface area contributed by atoms with Gasteiger partial charge < -0.3 is 9.47 Å². The normalized spacial score (nSPS) is 15.2. The number of para-hydroxylation sites is 2. The third kappa shape index (κ3) is 4.52. The summed E-state index contributed by atoms with van der Waals surface area (Å²) in [5, 5.41) is 0.383. The quantitative estimate of drug-likeness (QED) is 0.578. The zero-order chi connectivity index (χ0) is 22.9. The van der Waals surface area contributed by atoms with Crippen molar-refractivity contribution in [2.75, 3.05) is 6.61 Å². The van der Waals surface area contributed by atoms with Crippen molar-refractivity contribution in [2.24, 2.45) is 0 Å². The zero-order valence-electron chi connectivity index (χ0n) is 16.5. The second-order valence-electron chi connectivity index (χ2n) is 6.82. The van der Waals surface area contributed by atoms with E-state index in [9.17, 15) is 22.8 Å². The molecule has 1 atom stereocenters. The van der Waals surface area contributed by atoms with Crippen LogP contribution in [-0.4, -0.2) is 29.5 Å². The second-order valence-corrected chi connectivity index (χ2v) is 7.82. The van der Waals surface area contributed by atoms with Gasteiger partial charge in [0, 0.05) is 5.56 Å². The molecule has 0 spiro atoms. The Kier molecular flexibility index (Phi) is 5.74. The van der Waals surface area contributed by atoms with Crippen LogP contribution in [0.2, 0.25) is 0 Å². The number of hydrazine groups is 1. The van der Waals surface area contributed by atoms with Crippen molar-refractivity contribution in [3.05, 3.63) is 64.7 Å². The number of carbonyl (C=O) groups excluding carboxylic acids is 2. The average molecular weight is 463 g/mol. The molecule has 2 amide bonds. The number of rotatable bonds is 3. The van der Waals surface area contributed by atoms with E-state index in [-0.39, 0.29) is 11.5 Å². The van der Waals surface area contributed by atoms with Crippen molar-refractivity contribution in [1.82, 2.24) is 15.8 Å². The van der Waals surface area contributed by atoms with Crippen LogP contribution in [0.5, 0.6) is 11.5 Å². The van der Waals surface area contributed by atoms with Gasteiger partial charge in [0.15, 0.2) is 11.5 Å². The van der Waals surface area contributed by atoms with Gasteiger partial charge in [-0.25, -0.2) is 4.98 Å². The fraction of sp³-hybridized carbons (Fsp3) is 0.190. The van der Waals surface area contributed by atoms with Crippen molar-refractivity contribution in [1.29, 1.82) is 0 Å². The van der Waals surface area contributed by atoms with Crippen LogP contribution < -0.4 is 20.3 Å². The highest BCUT2D eigenvalue weighted by Gasteiger charge is 2.30. The lowest BCUT2D eigenvalue weighted by Gasteiger charge is -2.25. The minimum absolute atomic E-state index is 0.0175. The Morgan fingerprint density at radius 2 is 1.75 bits per heavy atom. The number of nitrogens with zero attached hydrogens (tertiary/aromatic N) is 1. The minimum atomic E-state index is -4.43. The number of benzene rings is 2. The molecule has 1 aliphatic rings. The number of hydrogen-bond donors (Lipinski definition) is 2. The van der Waals surface area contributed by atoms with Gasteiger partial charge in [-0.3, -0.25) is 20.4 Å². The molecule has 166 valence electrons. The van der Waals surface area contributed by atoms with Gasteiger partial charge in [0.25, 0.3) is 11.8 Å². The molecule has 2 heterocycles. The Labute approximate surface area is 184 Å². The topological polar surface area (TPSA) is 89.6 Å². The fourth-order valence-corrected chi connectivity index (χ4v) is 3.90. The molecule has 1 aromatic heterocycles. The predicted octanol–water partition coefficient (Wildman–Crippen LogP) is 3.74. The van der Waals surface area contributed by atoms with Crippen molar-refractivity contribution in [3.63, 3.8) is 0 Å². The summed E-state index contributed by atoms with van der Waals surface area (Å²) in [6.45, 7) is 1.58. The van der Waals surface area contributed by atoms with Crippen LogP contribution in [0.15, 0.2) is 48.5 Å². The van der Waals surface area contributed by atoms with E-state index in [4.69, 9.17) is 9.47 Å². The Bertz CT molecular complexity index is 1160. The number of alkyl halides is 3. The fourth-order valence-electron chi connectivity index (χ4n) is 2.94. The largest absolute Gasteiger partial charge is 0.485 e. The number of ether oxygens (including phenoxy) is 2. The Balaban J connectivity index is 1.39. The molecule has 1 unspecified atom stereocenters. The number of nitrogens with one attached hydrogen (secondary N) is 2. The average Bonchev–Trinajstić information content (AvgIpc) is 3.18. The maximum atomic E-state index is 12.7. The maximum absolute atomic E-state index is 12.7. The number of carbonyl (C=O) groups is 2. The summed E-state index contributed by atoms with van der Waals surface area (Å²) in [6.07, 6.45) is -5.38. The molecule has 7 nitrogen and oxygen atoms in total. The van der Waals surface area contributed by atoms with E-state index in [0.29, 0.717) is 27.8 Å². The molecule has 32 heavy (non-hydrogen) atoms. The summed E-state index contributed by atoms with van der Waals surface area (Å²) < 4.78 is 49.3. The van der Waals surface area contributed by atoms with Crippen molar-refractivity contribution in [2.45, 2.75) is 19.2 Å². The summed E-state index contributed by atoms with van der Waals surface area (Å²) in [5.74, 6) is -0.261. The van der Waals surface area contributed by atoms with Crippen LogP contribution in [0.4, 0.5) is 13.2 Å². The van der Waals surface area contributed by atoms with Crippen molar-refractivity contribution < 1.29 is 32.2 Å². The molecule has 11 heteroatoms. The molecule has 0 saturated heterocycles. The lowest BCUT2D eigenvalue weighted by Crippen LogP contribution is -2.50. The van der Waals surface area contributed by atoms with Crippen LogP contribution in [0.3, 0.4) is 0 Å². The molecule has 2 aromatic carbocycles. The van der Waals surface area contributed by atoms with Crippen LogP contribution in [0.25, 0.3) is 10.6 Å². The first-order valence-corrected chi connectivity index (χ1v) is 10.2. The number of aromatic nitrogens is 1. The molecule has 0 aliphatic carbocycles. The Morgan fingerprint density at radius 1 is 1.06 bits per heavy atom. The summed E-state index contributed by atoms with van der Waals surface area (Å²) >= 11 is 1.00. The molecule has 4 rings (SSSR count). The van der Waals surface area contributed by atoms with Gasteiger partial charge in [-0.1, -0.05) is 24.3 Å². The number of hydrogen-bond acceptors (Lipinski definition) is 6. The number of aryl methyl sites for hydroxylation is 1. The molecule has 0 radical (unpaired) electrons. The lowest BCUT2D eigenvalue weighted by molar-refractivity contribution is -0.137. The third-order valence-electron chi connectivity index (χ3n) is 4.56. The van der Waals surface area contributed by atoms with E-state index < -0.39 is 29.7 Å². The van der Waals surface area contributed by atoms with E-state index in [1.807, 2.05) is 0 Å². The van der Waals surface area contributed by atoms with Crippen LogP contribution in [0, 0.1) is 6.92 Å². The first-order chi connectivity index (χ1) is 15.2. The predicted molar refractivity (Wildman–Crippen MR) is 109 cm³/mol. The first-order valence-electron chi connectivity index (χ1n) is 9.36. The maximum Gasteiger partial charge on any atom is 0.416 e. The Hall–Kier alpha value is -3.60. The monoisotopic (exact) mass is 463 g/mol. The number of halogens is 3. The minimum Gasteiger partial charge on any atom is -0.485 e. The molecular formula is C21H16F3N3O4S. The highest BCUT2D eigenvalue weighted by atomic mass is 32.1. The molecular weight excluding hydrogens is 447 g/mol. The third-order valence-corrected chi connectivity index (χ3v) is 5.77. The van der Waals surface area contributed by atoms with Gasteiger partial charge in [0.05, 0.1) is 11.3 Å². The van der Waals surface area contributed by atoms with Gasteiger partial charge in [-0.15, -0.1) is 11.3 Å². The number of thiazole rings is 1. The van der Waals surface area contributed by atoms with Gasteiger partial charge in [0.1, 0.15) is 16.5 Å². The molecule has 1 aliphatic heterocycles. The highest BCUT2D eigenvalue weighted by Crippen LogP contribution is 2.33. The smallest absolute Gasteiger partial charge is 0.416 e. The number of fused-ring (bicyclic) bond motifs is 1. The van der Waals surface area contributed by atoms with Crippen molar-refractivity contribution >= 4 is 23.2 Å². The molecule has 0 bridgehead atoms. The van der Waals surface area contributed by atoms with E-state index >= 15 is 0 Å². The van der Waals surface area contributed by atoms with Crippen LogP contribution in [-0.2, 0) is 11.0 Å². The zero-order valence-corrected chi connectivity index (χ0v) is 17.3. The van der Waals surface area contributed by atoms with Gasteiger partial charge in [0.2, 0.25) is 6.10 Å². The van der Waals surface area contributed by atoms with E-state index in [1.54, 1.807) is 31.2 Å². The summed E-state index contributed by atoms with van der Waals surface area (Å²) in [5.41, 5.74) is 4.65. The van der Waals surface area contributed by atoms with Crippen LogP contribution >= 0.6 is 11.3 Å². The molecule has 0 fully saturated rings. The van der Waals surface area contributed by atoms with Crippen molar-refractivity contribution in [3.8, 4) is 22.1 Å². The van der Waals surface area contributed by atoms with E-state index in [1.165, 1.54) is 12.1 Å². The highest BCUT2D eigenvalue weighted by molar-refractivity contribution is 7.17. The number of amides is 2. The molecule has 3 aromatic rings. The second kappa shape index (κ2) is 8.50.